The largest absolute Gasteiger partial charge is 0.389 e. The quantitative estimate of drug-likeness (QED) is 0.735. The van der Waals surface area contributed by atoms with Gasteiger partial charge in [0.2, 0.25) is 0 Å². The molecule has 3 heteroatoms. The zero-order valence-electron chi connectivity index (χ0n) is 13.2. The average molecular weight is 292 g/mol. The number of thiocarbonyl (C=S) groups is 1. The summed E-state index contributed by atoms with van der Waals surface area (Å²) in [5.41, 5.74) is 7.92. The lowest BCUT2D eigenvalue weighted by atomic mass is 10.1. The van der Waals surface area contributed by atoms with E-state index in [2.05, 4.69) is 44.7 Å². The molecule has 0 atom stereocenters. The molecule has 0 aliphatic heterocycles. The lowest BCUT2D eigenvalue weighted by Gasteiger charge is -2.32. The van der Waals surface area contributed by atoms with Gasteiger partial charge in [-0.1, -0.05) is 64.2 Å². The smallest absolute Gasteiger partial charge is 0.103 e. The molecule has 112 valence electrons. The first-order chi connectivity index (χ1) is 9.47. The van der Waals surface area contributed by atoms with Crippen molar-refractivity contribution in [3.8, 4) is 0 Å². The number of rotatable bonds is 8. The highest BCUT2D eigenvalue weighted by atomic mass is 32.1. The van der Waals surface area contributed by atoms with Crippen LogP contribution in [-0.4, -0.2) is 22.5 Å². The van der Waals surface area contributed by atoms with Crippen LogP contribution in [0.2, 0.25) is 0 Å². The van der Waals surface area contributed by atoms with Gasteiger partial charge in [-0.3, -0.25) is 4.90 Å². The normalized spacial score (nSPS) is 11.6. The number of nitrogens with two attached hydrogens (primary N) is 1. The standard InChI is InChI=1S/C17H28N2S/c1-5-16(6-2)19(11-13(3)4)12-14-7-9-15(10-8-14)17(18)20/h7-10,13,16H,5-6,11-12H2,1-4H3,(H2,18,20). The summed E-state index contributed by atoms with van der Waals surface area (Å²) in [6, 6.07) is 9.00. The Morgan fingerprint density at radius 3 is 2.10 bits per heavy atom. The molecule has 2 N–H and O–H groups in total. The molecule has 0 saturated carbocycles. The van der Waals surface area contributed by atoms with Crippen molar-refractivity contribution >= 4 is 17.2 Å². The molecular weight excluding hydrogens is 264 g/mol. The minimum absolute atomic E-state index is 0.468. The van der Waals surface area contributed by atoms with Crippen molar-refractivity contribution in [3.05, 3.63) is 35.4 Å². The molecule has 0 aromatic heterocycles. The van der Waals surface area contributed by atoms with Crippen molar-refractivity contribution in [2.24, 2.45) is 11.7 Å². The monoisotopic (exact) mass is 292 g/mol. The van der Waals surface area contributed by atoms with Gasteiger partial charge in [0, 0.05) is 24.7 Å². The summed E-state index contributed by atoms with van der Waals surface area (Å²) < 4.78 is 0. The van der Waals surface area contributed by atoms with E-state index in [1.54, 1.807) is 0 Å². The lowest BCUT2D eigenvalue weighted by Crippen LogP contribution is -2.36. The molecule has 1 aromatic rings. The third-order valence-electron chi connectivity index (χ3n) is 3.68. The summed E-state index contributed by atoms with van der Waals surface area (Å²) in [5, 5.41) is 0. The van der Waals surface area contributed by atoms with E-state index in [0.29, 0.717) is 16.9 Å². The fraction of sp³-hybridized carbons (Fsp3) is 0.588. The number of nitrogens with zero attached hydrogens (tertiary/aromatic N) is 1. The van der Waals surface area contributed by atoms with Crippen LogP contribution in [0, 0.1) is 5.92 Å². The maximum Gasteiger partial charge on any atom is 0.103 e. The Kier molecular flexibility index (Phi) is 7.17. The van der Waals surface area contributed by atoms with Crippen LogP contribution >= 0.6 is 12.2 Å². The van der Waals surface area contributed by atoms with Gasteiger partial charge < -0.3 is 5.73 Å². The first-order valence-electron chi connectivity index (χ1n) is 7.60. The van der Waals surface area contributed by atoms with Crippen LogP contribution in [-0.2, 0) is 6.54 Å². The molecule has 0 aliphatic rings. The summed E-state index contributed by atoms with van der Waals surface area (Å²) in [7, 11) is 0. The summed E-state index contributed by atoms with van der Waals surface area (Å²) in [6.07, 6.45) is 2.41. The maximum atomic E-state index is 5.64. The second-order valence-electron chi connectivity index (χ2n) is 5.85. The predicted octanol–water partition coefficient (Wildman–Crippen LogP) is 3.97. The van der Waals surface area contributed by atoms with Gasteiger partial charge in [-0.25, -0.2) is 0 Å². The van der Waals surface area contributed by atoms with Crippen molar-refractivity contribution in [2.45, 2.75) is 53.1 Å². The molecule has 20 heavy (non-hydrogen) atoms. The van der Waals surface area contributed by atoms with Gasteiger partial charge in [-0.15, -0.1) is 0 Å². The van der Waals surface area contributed by atoms with Crippen LogP contribution in [0.3, 0.4) is 0 Å². The summed E-state index contributed by atoms with van der Waals surface area (Å²) >= 11 is 5.00. The van der Waals surface area contributed by atoms with E-state index in [9.17, 15) is 0 Å². The molecule has 0 heterocycles. The van der Waals surface area contributed by atoms with Gasteiger partial charge in [0.05, 0.1) is 0 Å². The SMILES string of the molecule is CCC(CC)N(Cc1ccc(C(N)=S)cc1)CC(C)C. The highest BCUT2D eigenvalue weighted by molar-refractivity contribution is 7.80. The van der Waals surface area contributed by atoms with Crippen molar-refractivity contribution in [1.82, 2.24) is 4.90 Å². The van der Waals surface area contributed by atoms with Crippen LogP contribution in [0.25, 0.3) is 0 Å². The molecular formula is C17H28N2S. The van der Waals surface area contributed by atoms with Crippen LogP contribution in [0.5, 0.6) is 0 Å². The minimum Gasteiger partial charge on any atom is -0.389 e. The van der Waals surface area contributed by atoms with Crippen molar-refractivity contribution in [2.75, 3.05) is 6.54 Å². The molecule has 0 saturated heterocycles. The average Bonchev–Trinajstić information content (AvgIpc) is 2.40. The molecule has 0 bridgehead atoms. The molecule has 2 nitrogen and oxygen atoms in total. The molecule has 0 unspecified atom stereocenters. The van der Waals surface area contributed by atoms with E-state index in [1.807, 2.05) is 12.1 Å². The van der Waals surface area contributed by atoms with Crippen LogP contribution in [0.4, 0.5) is 0 Å². The fourth-order valence-corrected chi connectivity index (χ4v) is 2.76. The Bertz CT molecular complexity index is 408. The van der Waals surface area contributed by atoms with Crippen LogP contribution in [0.1, 0.15) is 51.7 Å². The van der Waals surface area contributed by atoms with Crippen molar-refractivity contribution < 1.29 is 0 Å². The van der Waals surface area contributed by atoms with Crippen molar-refractivity contribution in [1.29, 1.82) is 0 Å². The molecule has 0 spiro atoms. The van der Waals surface area contributed by atoms with Crippen molar-refractivity contribution in [3.63, 3.8) is 0 Å². The van der Waals surface area contributed by atoms with E-state index in [1.165, 1.54) is 18.4 Å². The Morgan fingerprint density at radius 2 is 1.70 bits per heavy atom. The van der Waals surface area contributed by atoms with Gasteiger partial charge in [0.25, 0.3) is 0 Å². The van der Waals surface area contributed by atoms with Gasteiger partial charge in [0.15, 0.2) is 0 Å². The van der Waals surface area contributed by atoms with E-state index < -0.39 is 0 Å². The summed E-state index contributed by atoms with van der Waals surface area (Å²) in [6.45, 7) is 11.3. The highest BCUT2D eigenvalue weighted by Gasteiger charge is 2.16. The molecule has 0 fully saturated rings. The Hall–Kier alpha value is -0.930. The number of benzene rings is 1. The van der Waals surface area contributed by atoms with E-state index >= 15 is 0 Å². The second-order valence-corrected chi connectivity index (χ2v) is 6.29. The van der Waals surface area contributed by atoms with Gasteiger partial charge in [-0.05, 0) is 24.3 Å². The second kappa shape index (κ2) is 8.38. The first kappa shape index (κ1) is 17.1. The van der Waals surface area contributed by atoms with Crippen LogP contribution in [0.15, 0.2) is 24.3 Å². The highest BCUT2D eigenvalue weighted by Crippen LogP contribution is 2.16. The fourth-order valence-electron chi connectivity index (χ4n) is 2.63. The van der Waals surface area contributed by atoms with Crippen LogP contribution < -0.4 is 5.73 Å². The summed E-state index contributed by atoms with van der Waals surface area (Å²) in [4.78, 5) is 3.07. The lowest BCUT2D eigenvalue weighted by molar-refractivity contribution is 0.157. The summed E-state index contributed by atoms with van der Waals surface area (Å²) in [5.74, 6) is 0.687. The molecule has 0 radical (unpaired) electrons. The Morgan fingerprint density at radius 1 is 1.15 bits per heavy atom. The zero-order valence-corrected chi connectivity index (χ0v) is 14.0. The van der Waals surface area contributed by atoms with E-state index in [-0.39, 0.29) is 0 Å². The topological polar surface area (TPSA) is 29.3 Å². The van der Waals surface area contributed by atoms with Gasteiger partial charge in [0.1, 0.15) is 4.99 Å². The minimum atomic E-state index is 0.468. The Labute approximate surface area is 129 Å². The number of hydrogen-bond donors (Lipinski definition) is 1. The maximum absolute atomic E-state index is 5.64. The molecule has 1 rings (SSSR count). The van der Waals surface area contributed by atoms with E-state index in [4.69, 9.17) is 18.0 Å². The predicted molar refractivity (Wildman–Crippen MR) is 91.9 cm³/mol. The third-order valence-corrected chi connectivity index (χ3v) is 3.92. The zero-order chi connectivity index (χ0) is 15.1. The van der Waals surface area contributed by atoms with Gasteiger partial charge in [-0.2, -0.15) is 0 Å². The third kappa shape index (κ3) is 5.22. The first-order valence-corrected chi connectivity index (χ1v) is 8.01. The molecule has 1 aromatic carbocycles. The Balaban J connectivity index is 2.80. The van der Waals surface area contributed by atoms with E-state index in [0.717, 1.165) is 18.7 Å². The van der Waals surface area contributed by atoms with Gasteiger partial charge >= 0.3 is 0 Å². The molecule has 0 amide bonds. The number of hydrogen-bond acceptors (Lipinski definition) is 2. The molecule has 0 aliphatic carbocycles.